The average Bonchev–Trinajstić information content (AvgIpc) is 3.41. The summed E-state index contributed by atoms with van der Waals surface area (Å²) in [5.41, 5.74) is 2.38. The molecule has 0 bridgehead atoms. The Morgan fingerprint density at radius 3 is 2.65 bits per heavy atom. The zero-order chi connectivity index (χ0) is 21.5. The van der Waals surface area contributed by atoms with E-state index in [1.807, 2.05) is 18.9 Å². The van der Waals surface area contributed by atoms with E-state index < -0.39 is 0 Å². The Balaban J connectivity index is 1.39. The van der Waals surface area contributed by atoms with Gasteiger partial charge in [0.15, 0.2) is 17.0 Å². The number of anilines is 1. The molecule has 3 aromatic rings. The number of hydrogen-bond donors (Lipinski definition) is 1. The number of nitrogens with zero attached hydrogens (tertiary/aromatic N) is 7. The molecule has 3 aromatic heterocycles. The molecule has 2 aliphatic rings. The quantitative estimate of drug-likeness (QED) is 0.654. The maximum atomic E-state index is 12.7. The highest BCUT2D eigenvalue weighted by Crippen LogP contribution is 2.34. The first-order valence-corrected chi connectivity index (χ1v) is 11.1. The summed E-state index contributed by atoms with van der Waals surface area (Å²) in [4.78, 5) is 37.2. The van der Waals surface area contributed by atoms with E-state index >= 15 is 0 Å². The van der Waals surface area contributed by atoms with Crippen molar-refractivity contribution >= 4 is 22.9 Å². The summed E-state index contributed by atoms with van der Waals surface area (Å²) in [6, 6.07) is 0.667. The molecule has 9 heteroatoms. The Morgan fingerprint density at radius 2 is 1.94 bits per heavy atom. The molecule has 1 amide bonds. The molecule has 0 spiro atoms. The highest BCUT2D eigenvalue weighted by molar-refractivity contribution is 5.86. The van der Waals surface area contributed by atoms with Gasteiger partial charge in [-0.3, -0.25) is 4.79 Å². The van der Waals surface area contributed by atoms with Crippen molar-refractivity contribution < 1.29 is 4.79 Å². The van der Waals surface area contributed by atoms with Crippen molar-refractivity contribution in [1.29, 1.82) is 0 Å². The topological polar surface area (TPSA) is 102 Å². The van der Waals surface area contributed by atoms with Crippen LogP contribution in [0.5, 0.6) is 0 Å². The minimum atomic E-state index is 0.0916. The molecule has 3 heterocycles. The van der Waals surface area contributed by atoms with E-state index in [1.54, 1.807) is 18.7 Å². The summed E-state index contributed by atoms with van der Waals surface area (Å²) in [5.74, 6) is 2.61. The molecule has 2 atom stereocenters. The lowest BCUT2D eigenvalue weighted by atomic mass is 10.1. The fourth-order valence-corrected chi connectivity index (χ4v) is 4.53. The van der Waals surface area contributed by atoms with Gasteiger partial charge in [0.2, 0.25) is 5.91 Å². The summed E-state index contributed by atoms with van der Waals surface area (Å²) in [5, 5.41) is 3.55. The number of aromatic nitrogens is 6. The lowest BCUT2D eigenvalue weighted by molar-refractivity contribution is -0.134. The summed E-state index contributed by atoms with van der Waals surface area (Å²) in [6.45, 7) is 4.66. The standard InChI is InChI=1S/C22H28N8O/c1-4-30-20(15-10-23-13(2)24-11-15)28-18-19(25-12-26-21(18)30)27-16-6-5-14(9-16)22(31)29(3)17-7-8-17/h10-12,14,16-17H,4-9H2,1-3H3,(H,25,26,27)/t14-,16+/m1/s1. The molecule has 162 valence electrons. The molecule has 31 heavy (non-hydrogen) atoms. The van der Waals surface area contributed by atoms with Gasteiger partial charge in [-0.15, -0.1) is 0 Å². The monoisotopic (exact) mass is 420 g/mol. The van der Waals surface area contributed by atoms with Gasteiger partial charge < -0.3 is 14.8 Å². The van der Waals surface area contributed by atoms with Gasteiger partial charge in [-0.1, -0.05) is 0 Å². The number of carbonyl (C=O) groups is 1. The number of nitrogens with one attached hydrogen (secondary N) is 1. The van der Waals surface area contributed by atoms with Crippen LogP contribution in [0.25, 0.3) is 22.6 Å². The summed E-state index contributed by atoms with van der Waals surface area (Å²) >= 11 is 0. The zero-order valence-electron chi connectivity index (χ0n) is 18.2. The van der Waals surface area contributed by atoms with Crippen LogP contribution in [0.3, 0.4) is 0 Å². The third kappa shape index (κ3) is 3.73. The first-order chi connectivity index (χ1) is 15.0. The third-order valence-corrected chi connectivity index (χ3v) is 6.45. The molecule has 0 unspecified atom stereocenters. The molecule has 0 saturated heterocycles. The smallest absolute Gasteiger partial charge is 0.225 e. The lowest BCUT2D eigenvalue weighted by Crippen LogP contribution is -2.34. The minimum Gasteiger partial charge on any atom is -0.365 e. The van der Waals surface area contributed by atoms with E-state index in [0.717, 1.165) is 72.8 Å². The Kier molecular flexibility index (Phi) is 5.03. The largest absolute Gasteiger partial charge is 0.365 e. The van der Waals surface area contributed by atoms with Gasteiger partial charge in [-0.25, -0.2) is 24.9 Å². The van der Waals surface area contributed by atoms with Crippen LogP contribution in [0.2, 0.25) is 0 Å². The first-order valence-electron chi connectivity index (χ1n) is 11.1. The second kappa shape index (κ2) is 7.86. The fraction of sp³-hybridized carbons (Fsp3) is 0.545. The van der Waals surface area contributed by atoms with Crippen molar-refractivity contribution in [2.24, 2.45) is 5.92 Å². The maximum absolute atomic E-state index is 12.7. The number of imidazole rings is 1. The average molecular weight is 421 g/mol. The Morgan fingerprint density at radius 1 is 1.16 bits per heavy atom. The van der Waals surface area contributed by atoms with Gasteiger partial charge in [0.25, 0.3) is 0 Å². The predicted molar refractivity (Wildman–Crippen MR) is 117 cm³/mol. The number of aryl methyl sites for hydroxylation is 2. The van der Waals surface area contributed by atoms with Gasteiger partial charge in [-0.2, -0.15) is 0 Å². The zero-order valence-corrected chi connectivity index (χ0v) is 18.2. The van der Waals surface area contributed by atoms with E-state index in [-0.39, 0.29) is 17.9 Å². The minimum absolute atomic E-state index is 0.0916. The maximum Gasteiger partial charge on any atom is 0.225 e. The molecule has 5 rings (SSSR count). The van der Waals surface area contributed by atoms with Crippen molar-refractivity contribution in [3.8, 4) is 11.4 Å². The summed E-state index contributed by atoms with van der Waals surface area (Å²) in [6.07, 6.45) is 10.1. The van der Waals surface area contributed by atoms with E-state index in [4.69, 9.17) is 4.98 Å². The molecule has 2 aliphatic carbocycles. The normalized spacial score (nSPS) is 20.9. The highest BCUT2D eigenvalue weighted by atomic mass is 16.2. The second-order valence-electron chi connectivity index (χ2n) is 8.62. The molecule has 2 fully saturated rings. The van der Waals surface area contributed by atoms with Crippen LogP contribution in [-0.2, 0) is 11.3 Å². The Labute approximate surface area is 181 Å². The van der Waals surface area contributed by atoms with Gasteiger partial charge >= 0.3 is 0 Å². The van der Waals surface area contributed by atoms with Gasteiger partial charge in [0.05, 0.1) is 5.56 Å². The number of rotatable bonds is 6. The molecule has 9 nitrogen and oxygen atoms in total. The van der Waals surface area contributed by atoms with Crippen molar-refractivity contribution in [2.45, 2.75) is 64.6 Å². The SMILES string of the molecule is CCn1c(-c2cnc(C)nc2)nc2c(N[C@H]3CC[C@@H](C(=O)N(C)C4CC4)C3)ncnc21. The Hall–Kier alpha value is -3.10. The molecular weight excluding hydrogens is 392 g/mol. The van der Waals surface area contributed by atoms with Gasteiger partial charge in [0.1, 0.15) is 18.0 Å². The number of hydrogen-bond acceptors (Lipinski definition) is 7. The molecule has 0 aliphatic heterocycles. The van der Waals surface area contributed by atoms with Gasteiger partial charge in [-0.05, 0) is 46.0 Å². The van der Waals surface area contributed by atoms with Crippen LogP contribution in [-0.4, -0.2) is 59.4 Å². The summed E-state index contributed by atoms with van der Waals surface area (Å²) < 4.78 is 2.06. The van der Waals surface area contributed by atoms with Gasteiger partial charge in [0, 0.05) is 44.0 Å². The van der Waals surface area contributed by atoms with Crippen LogP contribution >= 0.6 is 0 Å². The van der Waals surface area contributed by atoms with E-state index in [0.29, 0.717) is 6.04 Å². The number of fused-ring (bicyclic) bond motifs is 1. The van der Waals surface area contributed by atoms with Crippen LogP contribution < -0.4 is 5.32 Å². The Bertz CT molecular complexity index is 1100. The van der Waals surface area contributed by atoms with E-state index in [1.165, 1.54) is 0 Å². The molecule has 1 N–H and O–H groups in total. The molecular formula is C22H28N8O. The van der Waals surface area contributed by atoms with Crippen molar-refractivity contribution in [2.75, 3.05) is 12.4 Å². The van der Waals surface area contributed by atoms with Crippen molar-refractivity contribution in [1.82, 2.24) is 34.4 Å². The van der Waals surface area contributed by atoms with E-state index in [2.05, 4.69) is 36.7 Å². The third-order valence-electron chi connectivity index (χ3n) is 6.45. The molecule has 0 aromatic carbocycles. The molecule has 0 radical (unpaired) electrons. The number of amides is 1. The van der Waals surface area contributed by atoms with Crippen LogP contribution in [0.1, 0.15) is 44.9 Å². The molecule has 2 saturated carbocycles. The van der Waals surface area contributed by atoms with E-state index in [9.17, 15) is 4.79 Å². The van der Waals surface area contributed by atoms with Crippen LogP contribution in [0, 0.1) is 12.8 Å². The predicted octanol–water partition coefficient (Wildman–Crippen LogP) is 2.81. The highest BCUT2D eigenvalue weighted by Gasteiger charge is 2.37. The first kappa shape index (κ1) is 19.8. The lowest BCUT2D eigenvalue weighted by Gasteiger charge is -2.21. The summed E-state index contributed by atoms with van der Waals surface area (Å²) in [7, 11) is 1.95. The number of carbonyl (C=O) groups excluding carboxylic acids is 1. The van der Waals surface area contributed by atoms with Crippen molar-refractivity contribution in [3.05, 3.63) is 24.5 Å². The van der Waals surface area contributed by atoms with Crippen molar-refractivity contribution in [3.63, 3.8) is 0 Å². The second-order valence-corrected chi connectivity index (χ2v) is 8.62. The fourth-order valence-electron chi connectivity index (χ4n) is 4.53. The van der Waals surface area contributed by atoms with Crippen LogP contribution in [0.15, 0.2) is 18.7 Å². The van der Waals surface area contributed by atoms with Crippen LogP contribution in [0.4, 0.5) is 5.82 Å².